The summed E-state index contributed by atoms with van der Waals surface area (Å²) >= 11 is 0. The molecule has 0 aromatic carbocycles. The molecule has 0 fully saturated rings. The van der Waals surface area contributed by atoms with Crippen molar-refractivity contribution in [2.45, 2.75) is 46.2 Å². The van der Waals surface area contributed by atoms with Crippen LogP contribution in [0.25, 0.3) is 0 Å². The zero-order chi connectivity index (χ0) is 17.0. The van der Waals surface area contributed by atoms with Crippen molar-refractivity contribution < 1.29 is 4.74 Å². The fraction of sp³-hybridized carbons (Fsp3) is 0.500. The van der Waals surface area contributed by atoms with E-state index >= 15 is 0 Å². The van der Waals surface area contributed by atoms with E-state index in [1.165, 1.54) is 12.1 Å². The highest BCUT2D eigenvalue weighted by molar-refractivity contribution is 5.38. The van der Waals surface area contributed by atoms with Crippen LogP contribution in [0.2, 0.25) is 0 Å². The van der Waals surface area contributed by atoms with E-state index in [0.717, 1.165) is 0 Å². The number of aromatic amines is 1. The summed E-state index contributed by atoms with van der Waals surface area (Å²) in [5.74, 6) is 0.962. The van der Waals surface area contributed by atoms with Gasteiger partial charge >= 0.3 is 6.01 Å². The van der Waals surface area contributed by atoms with Crippen molar-refractivity contribution >= 4 is 11.9 Å². The predicted octanol–water partition coefficient (Wildman–Crippen LogP) is 1.78. The van der Waals surface area contributed by atoms with Crippen LogP contribution >= 0.6 is 0 Å². The third kappa shape index (κ3) is 5.53. The topological polar surface area (TPSA) is 118 Å². The van der Waals surface area contributed by atoms with E-state index in [1.807, 2.05) is 34.6 Å². The summed E-state index contributed by atoms with van der Waals surface area (Å²) in [6.07, 6.45) is 0. The van der Waals surface area contributed by atoms with Gasteiger partial charge in [0.15, 0.2) is 0 Å². The number of aromatic nitrogens is 5. The third-order valence-electron chi connectivity index (χ3n) is 2.37. The Kier molecular flexibility index (Phi) is 4.77. The molecule has 0 bridgehead atoms. The van der Waals surface area contributed by atoms with Crippen LogP contribution in [-0.4, -0.2) is 36.7 Å². The van der Waals surface area contributed by atoms with Crippen molar-refractivity contribution in [2.24, 2.45) is 0 Å². The van der Waals surface area contributed by atoms with E-state index in [1.54, 1.807) is 0 Å². The molecule has 0 unspecified atom stereocenters. The first kappa shape index (κ1) is 16.7. The molecule has 0 saturated heterocycles. The van der Waals surface area contributed by atoms with Crippen LogP contribution in [0.1, 0.15) is 34.6 Å². The molecule has 0 atom stereocenters. The highest BCUT2D eigenvalue weighted by Gasteiger charge is 2.15. The maximum absolute atomic E-state index is 11.0. The molecule has 23 heavy (non-hydrogen) atoms. The highest BCUT2D eigenvalue weighted by atomic mass is 16.5. The number of rotatable bonds is 5. The number of hydrogen-bond acceptors (Lipinski definition) is 8. The summed E-state index contributed by atoms with van der Waals surface area (Å²) in [5, 5.41) is 12.3. The van der Waals surface area contributed by atoms with Gasteiger partial charge in [0.1, 0.15) is 0 Å². The molecule has 9 nitrogen and oxygen atoms in total. The van der Waals surface area contributed by atoms with Gasteiger partial charge in [-0.15, -0.1) is 5.10 Å². The lowest BCUT2D eigenvalue weighted by atomic mass is 10.1. The zero-order valence-corrected chi connectivity index (χ0v) is 13.8. The Morgan fingerprint density at radius 3 is 2.39 bits per heavy atom. The van der Waals surface area contributed by atoms with Crippen LogP contribution in [0, 0.1) is 0 Å². The predicted molar refractivity (Wildman–Crippen MR) is 86.9 cm³/mol. The molecule has 3 N–H and O–H groups in total. The second kappa shape index (κ2) is 6.59. The average Bonchev–Trinajstić information content (AvgIpc) is 2.38. The van der Waals surface area contributed by atoms with Gasteiger partial charge in [0.25, 0.3) is 5.56 Å². The molecule has 2 aromatic heterocycles. The van der Waals surface area contributed by atoms with Gasteiger partial charge < -0.3 is 15.4 Å². The second-order valence-corrected chi connectivity index (χ2v) is 6.30. The monoisotopic (exact) mass is 319 g/mol. The van der Waals surface area contributed by atoms with Gasteiger partial charge in [-0.05, 0) is 34.6 Å². The molecule has 0 radical (unpaired) electrons. The molecule has 2 rings (SSSR count). The Hall–Kier alpha value is -2.71. The molecular weight excluding hydrogens is 298 g/mol. The number of ether oxygens (including phenoxy) is 1. The summed E-state index contributed by atoms with van der Waals surface area (Å²) in [5.41, 5.74) is -0.533. The lowest BCUT2D eigenvalue weighted by molar-refractivity contribution is 0.417. The molecule has 2 heterocycles. The van der Waals surface area contributed by atoms with Gasteiger partial charge in [-0.2, -0.15) is 15.0 Å². The van der Waals surface area contributed by atoms with Crippen LogP contribution in [0.4, 0.5) is 11.9 Å². The summed E-state index contributed by atoms with van der Waals surface area (Å²) in [6, 6.07) is 2.98. The molecule has 0 saturated carbocycles. The fourth-order valence-corrected chi connectivity index (χ4v) is 1.60. The summed E-state index contributed by atoms with van der Waals surface area (Å²) < 4.78 is 5.49. The Bertz CT molecular complexity index is 701. The fourth-order valence-electron chi connectivity index (χ4n) is 1.60. The van der Waals surface area contributed by atoms with Crippen molar-refractivity contribution in [1.29, 1.82) is 0 Å². The molecule has 0 amide bonds. The number of nitrogens with one attached hydrogen (secondary N) is 3. The first-order valence-electron chi connectivity index (χ1n) is 7.26. The minimum Gasteiger partial charge on any atom is -0.403 e. The zero-order valence-electron chi connectivity index (χ0n) is 13.8. The van der Waals surface area contributed by atoms with E-state index in [2.05, 4.69) is 35.8 Å². The number of hydrogen-bond donors (Lipinski definition) is 3. The maximum atomic E-state index is 11.0. The standard InChI is InChI=1S/C14H21N7O2/c1-8(2)15-11-16-12(19-14(3,4)5)18-13(17-11)23-10-7-6-9(22)20-21-10/h6-8H,1-5H3,(H,20,22)(H2,15,16,17,18,19). The molecule has 9 heteroatoms. The van der Waals surface area contributed by atoms with E-state index in [-0.39, 0.29) is 29.0 Å². The van der Waals surface area contributed by atoms with E-state index in [9.17, 15) is 4.79 Å². The molecule has 0 spiro atoms. The Morgan fingerprint density at radius 2 is 1.83 bits per heavy atom. The Balaban J connectivity index is 2.30. The van der Waals surface area contributed by atoms with Crippen molar-refractivity contribution in [3.63, 3.8) is 0 Å². The average molecular weight is 319 g/mol. The van der Waals surface area contributed by atoms with Gasteiger partial charge in [0.05, 0.1) is 0 Å². The quantitative estimate of drug-likeness (QED) is 0.763. The van der Waals surface area contributed by atoms with Crippen LogP contribution in [0.15, 0.2) is 16.9 Å². The van der Waals surface area contributed by atoms with Crippen LogP contribution in [0.5, 0.6) is 11.9 Å². The van der Waals surface area contributed by atoms with Gasteiger partial charge in [-0.25, -0.2) is 5.10 Å². The lowest BCUT2D eigenvalue weighted by Crippen LogP contribution is -2.28. The smallest absolute Gasteiger partial charge is 0.330 e. The minimum atomic E-state index is -0.315. The molecule has 2 aromatic rings. The van der Waals surface area contributed by atoms with Gasteiger partial charge in [-0.1, -0.05) is 0 Å². The SMILES string of the molecule is CC(C)Nc1nc(NC(C)(C)C)nc(Oc2ccc(=O)[nH]n2)n1. The van der Waals surface area contributed by atoms with Crippen LogP contribution in [0.3, 0.4) is 0 Å². The van der Waals surface area contributed by atoms with Gasteiger partial charge in [0.2, 0.25) is 17.8 Å². The minimum absolute atomic E-state index is 0.0782. The Labute approximate surface area is 133 Å². The molecule has 0 aliphatic heterocycles. The van der Waals surface area contributed by atoms with Crippen LogP contribution in [-0.2, 0) is 0 Å². The largest absolute Gasteiger partial charge is 0.403 e. The first-order chi connectivity index (χ1) is 10.7. The molecular formula is C14H21N7O2. The Morgan fingerprint density at radius 1 is 1.13 bits per heavy atom. The molecule has 0 aliphatic rings. The van der Waals surface area contributed by atoms with Crippen LogP contribution < -0.4 is 20.9 Å². The van der Waals surface area contributed by atoms with E-state index < -0.39 is 0 Å². The second-order valence-electron chi connectivity index (χ2n) is 6.30. The number of H-pyrrole nitrogens is 1. The van der Waals surface area contributed by atoms with Gasteiger partial charge in [-0.3, -0.25) is 4.79 Å². The van der Waals surface area contributed by atoms with Gasteiger partial charge in [0, 0.05) is 23.7 Å². The lowest BCUT2D eigenvalue weighted by Gasteiger charge is -2.21. The highest BCUT2D eigenvalue weighted by Crippen LogP contribution is 2.19. The van der Waals surface area contributed by atoms with Crippen molar-refractivity contribution in [2.75, 3.05) is 10.6 Å². The van der Waals surface area contributed by atoms with E-state index in [4.69, 9.17) is 4.74 Å². The first-order valence-corrected chi connectivity index (χ1v) is 7.26. The maximum Gasteiger partial charge on any atom is 0.330 e. The number of nitrogens with zero attached hydrogens (tertiary/aromatic N) is 4. The van der Waals surface area contributed by atoms with Crippen molar-refractivity contribution in [3.8, 4) is 11.9 Å². The van der Waals surface area contributed by atoms with E-state index in [0.29, 0.717) is 11.9 Å². The van der Waals surface area contributed by atoms with Crippen molar-refractivity contribution in [1.82, 2.24) is 25.1 Å². The molecule has 124 valence electrons. The summed E-state index contributed by atoms with van der Waals surface area (Å²) in [4.78, 5) is 23.7. The summed E-state index contributed by atoms with van der Waals surface area (Å²) in [6.45, 7) is 9.94. The third-order valence-corrected chi connectivity index (χ3v) is 2.37. The summed E-state index contributed by atoms with van der Waals surface area (Å²) in [7, 11) is 0. The normalized spacial score (nSPS) is 11.4. The molecule has 0 aliphatic carbocycles. The number of anilines is 2. The van der Waals surface area contributed by atoms with Crippen molar-refractivity contribution in [3.05, 3.63) is 22.5 Å².